The first kappa shape index (κ1) is 16.5. The van der Waals surface area contributed by atoms with Crippen LogP contribution >= 0.6 is 0 Å². The van der Waals surface area contributed by atoms with Crippen molar-refractivity contribution >= 4 is 0 Å². The molecule has 0 aliphatic heterocycles. The summed E-state index contributed by atoms with van der Waals surface area (Å²) in [7, 11) is 0. The van der Waals surface area contributed by atoms with Gasteiger partial charge in [-0.3, -0.25) is 9.97 Å². The summed E-state index contributed by atoms with van der Waals surface area (Å²) in [6.07, 6.45) is 10.7. The summed E-state index contributed by atoms with van der Waals surface area (Å²) >= 11 is 0. The van der Waals surface area contributed by atoms with Gasteiger partial charge >= 0.3 is 0 Å². The number of hydrogen-bond acceptors (Lipinski definition) is 3. The molecule has 1 heterocycles. The molecule has 0 aliphatic rings. The molecule has 0 unspecified atom stereocenters. The molecule has 0 spiro atoms. The van der Waals surface area contributed by atoms with Gasteiger partial charge in [-0.1, -0.05) is 33.1 Å². The molecule has 0 amide bonds. The number of unbranched alkanes of at least 4 members (excludes halogenated alkanes) is 3. The van der Waals surface area contributed by atoms with Gasteiger partial charge in [0.15, 0.2) is 0 Å². The third-order valence-corrected chi connectivity index (χ3v) is 3.66. The Morgan fingerprint density at radius 3 is 2.27 bits per heavy atom. The zero-order chi connectivity index (χ0) is 15.6. The molecule has 0 radical (unpaired) electrons. The molecule has 3 nitrogen and oxygen atoms in total. The van der Waals surface area contributed by atoms with E-state index < -0.39 is 0 Å². The lowest BCUT2D eigenvalue weighted by Gasteiger charge is -2.07. The zero-order valence-corrected chi connectivity index (χ0v) is 13.7. The molecule has 118 valence electrons. The van der Waals surface area contributed by atoms with Crippen LogP contribution in [0.15, 0.2) is 36.7 Å². The fraction of sp³-hybridized carbons (Fsp3) is 0.474. The predicted octanol–water partition coefficient (Wildman–Crippen LogP) is 5.06. The molecule has 3 heteroatoms. The number of benzene rings is 1. The van der Waals surface area contributed by atoms with Crippen molar-refractivity contribution in [2.24, 2.45) is 0 Å². The van der Waals surface area contributed by atoms with Crippen LogP contribution in [0.4, 0.5) is 0 Å². The van der Waals surface area contributed by atoms with Crippen molar-refractivity contribution < 1.29 is 4.74 Å². The van der Waals surface area contributed by atoms with Crippen molar-refractivity contribution in [1.82, 2.24) is 9.97 Å². The number of aromatic nitrogens is 2. The van der Waals surface area contributed by atoms with Crippen LogP contribution in [0.3, 0.4) is 0 Å². The highest BCUT2D eigenvalue weighted by molar-refractivity contribution is 5.58. The lowest BCUT2D eigenvalue weighted by atomic mass is 10.1. The van der Waals surface area contributed by atoms with Crippen molar-refractivity contribution in [2.75, 3.05) is 6.61 Å². The summed E-state index contributed by atoms with van der Waals surface area (Å²) < 4.78 is 5.73. The monoisotopic (exact) mass is 298 g/mol. The molecule has 0 fully saturated rings. The molecule has 0 aliphatic carbocycles. The van der Waals surface area contributed by atoms with Crippen molar-refractivity contribution in [2.45, 2.75) is 52.4 Å². The minimum Gasteiger partial charge on any atom is -0.494 e. The van der Waals surface area contributed by atoms with Gasteiger partial charge in [-0.15, -0.1) is 0 Å². The lowest BCUT2D eigenvalue weighted by molar-refractivity contribution is 0.306. The Bertz CT molecular complexity index is 534. The third kappa shape index (κ3) is 5.14. The van der Waals surface area contributed by atoms with Crippen LogP contribution in [0.25, 0.3) is 11.3 Å². The number of hydrogen-bond donors (Lipinski definition) is 0. The van der Waals surface area contributed by atoms with Crippen LogP contribution in [-0.4, -0.2) is 16.6 Å². The van der Waals surface area contributed by atoms with E-state index in [1.54, 1.807) is 0 Å². The maximum absolute atomic E-state index is 5.73. The Labute approximate surface area is 133 Å². The lowest BCUT2D eigenvalue weighted by Crippen LogP contribution is -1.97. The van der Waals surface area contributed by atoms with Gasteiger partial charge in [0, 0.05) is 11.8 Å². The molecule has 22 heavy (non-hydrogen) atoms. The highest BCUT2D eigenvalue weighted by Crippen LogP contribution is 2.20. The number of rotatable bonds is 9. The van der Waals surface area contributed by atoms with E-state index in [9.17, 15) is 0 Å². The summed E-state index contributed by atoms with van der Waals surface area (Å²) in [6, 6.07) is 8.11. The van der Waals surface area contributed by atoms with E-state index in [1.807, 2.05) is 36.7 Å². The maximum Gasteiger partial charge on any atom is 0.119 e. The van der Waals surface area contributed by atoms with Gasteiger partial charge < -0.3 is 4.74 Å². The molecule has 0 saturated carbocycles. The molecule has 0 saturated heterocycles. The van der Waals surface area contributed by atoms with Crippen molar-refractivity contribution in [3.63, 3.8) is 0 Å². The molecule has 0 atom stereocenters. The Balaban J connectivity index is 1.92. The van der Waals surface area contributed by atoms with Gasteiger partial charge in [0.2, 0.25) is 0 Å². The minimum atomic E-state index is 0.791. The van der Waals surface area contributed by atoms with Gasteiger partial charge in [-0.25, -0.2) is 0 Å². The first-order valence-electron chi connectivity index (χ1n) is 8.37. The fourth-order valence-electron chi connectivity index (χ4n) is 2.25. The van der Waals surface area contributed by atoms with E-state index >= 15 is 0 Å². The third-order valence-electron chi connectivity index (χ3n) is 3.66. The van der Waals surface area contributed by atoms with Crippen LogP contribution in [0.2, 0.25) is 0 Å². The van der Waals surface area contributed by atoms with Gasteiger partial charge in [-0.05, 0) is 43.5 Å². The number of aryl methyl sites for hydroxylation is 1. The summed E-state index contributed by atoms with van der Waals surface area (Å²) in [5, 5.41) is 0. The van der Waals surface area contributed by atoms with Crippen LogP contribution < -0.4 is 4.74 Å². The molecular formula is C19H26N2O. The van der Waals surface area contributed by atoms with Crippen LogP contribution in [0, 0.1) is 0 Å². The van der Waals surface area contributed by atoms with E-state index in [0.717, 1.165) is 48.6 Å². The van der Waals surface area contributed by atoms with Gasteiger partial charge in [0.05, 0.1) is 24.2 Å². The number of nitrogens with zero attached hydrogens (tertiary/aromatic N) is 2. The smallest absolute Gasteiger partial charge is 0.119 e. The summed E-state index contributed by atoms with van der Waals surface area (Å²) in [5.74, 6) is 0.923. The highest BCUT2D eigenvalue weighted by atomic mass is 16.5. The molecule has 1 aromatic heterocycles. The second-order valence-electron chi connectivity index (χ2n) is 5.58. The molecule has 2 aromatic rings. The first-order valence-corrected chi connectivity index (χ1v) is 8.37. The van der Waals surface area contributed by atoms with Crippen molar-refractivity contribution in [3.05, 3.63) is 42.4 Å². The Hall–Kier alpha value is -1.90. The SMILES string of the molecule is CCCCCOc1ccc(-c2cnc(CCCC)cn2)cc1. The van der Waals surface area contributed by atoms with Crippen molar-refractivity contribution in [3.8, 4) is 17.0 Å². The van der Waals surface area contributed by atoms with E-state index in [2.05, 4.69) is 23.8 Å². The first-order chi connectivity index (χ1) is 10.8. The van der Waals surface area contributed by atoms with E-state index in [0.29, 0.717) is 0 Å². The Morgan fingerprint density at radius 2 is 1.64 bits per heavy atom. The Morgan fingerprint density at radius 1 is 0.864 bits per heavy atom. The van der Waals surface area contributed by atoms with E-state index in [4.69, 9.17) is 4.74 Å². The summed E-state index contributed by atoms with van der Waals surface area (Å²) in [6.45, 7) is 5.18. The van der Waals surface area contributed by atoms with E-state index in [-0.39, 0.29) is 0 Å². The number of ether oxygens (including phenoxy) is 1. The topological polar surface area (TPSA) is 35.0 Å². The predicted molar refractivity (Wildman–Crippen MR) is 91.1 cm³/mol. The fourth-order valence-corrected chi connectivity index (χ4v) is 2.25. The van der Waals surface area contributed by atoms with Crippen molar-refractivity contribution in [1.29, 1.82) is 0 Å². The second kappa shape index (κ2) is 9.19. The average Bonchev–Trinajstić information content (AvgIpc) is 2.58. The Kier molecular flexibility index (Phi) is 6.88. The second-order valence-corrected chi connectivity index (χ2v) is 5.58. The standard InChI is InChI=1S/C19H26N2O/c1-3-5-7-13-22-18-11-9-16(10-12-18)19-15-20-17(14-21-19)8-6-4-2/h9-12,14-15H,3-8,13H2,1-2H3. The van der Waals surface area contributed by atoms with E-state index in [1.165, 1.54) is 19.3 Å². The molecule has 0 bridgehead atoms. The van der Waals surface area contributed by atoms with Crippen LogP contribution in [0.5, 0.6) is 5.75 Å². The minimum absolute atomic E-state index is 0.791. The molecule has 0 N–H and O–H groups in total. The maximum atomic E-state index is 5.73. The average molecular weight is 298 g/mol. The normalized spacial score (nSPS) is 10.6. The van der Waals surface area contributed by atoms with Gasteiger partial charge in [0.1, 0.15) is 5.75 Å². The highest BCUT2D eigenvalue weighted by Gasteiger charge is 2.02. The largest absolute Gasteiger partial charge is 0.494 e. The molecular weight excluding hydrogens is 272 g/mol. The van der Waals surface area contributed by atoms with Crippen LogP contribution in [-0.2, 0) is 6.42 Å². The van der Waals surface area contributed by atoms with Crippen LogP contribution in [0.1, 0.15) is 51.6 Å². The summed E-state index contributed by atoms with van der Waals surface area (Å²) in [4.78, 5) is 9.01. The molecule has 2 rings (SSSR count). The van der Waals surface area contributed by atoms with Gasteiger partial charge in [0.25, 0.3) is 0 Å². The van der Waals surface area contributed by atoms with Gasteiger partial charge in [-0.2, -0.15) is 0 Å². The molecule has 1 aromatic carbocycles. The summed E-state index contributed by atoms with van der Waals surface area (Å²) in [5.41, 5.74) is 3.06. The quantitative estimate of drug-likeness (QED) is 0.607. The zero-order valence-electron chi connectivity index (χ0n) is 13.7.